The lowest BCUT2D eigenvalue weighted by atomic mass is 9.97. The Morgan fingerprint density at radius 3 is 3.06 bits per heavy atom. The number of hydrogen-bond donors (Lipinski definition) is 2. The summed E-state index contributed by atoms with van der Waals surface area (Å²) < 4.78 is 0. The van der Waals surface area contributed by atoms with E-state index in [1.54, 1.807) is 0 Å². The third kappa shape index (κ3) is 2.39. The van der Waals surface area contributed by atoms with Gasteiger partial charge >= 0.3 is 0 Å². The third-order valence-electron chi connectivity index (χ3n) is 4.08. The summed E-state index contributed by atoms with van der Waals surface area (Å²) >= 11 is 0. The normalized spacial score (nSPS) is 28.9. The van der Waals surface area contributed by atoms with E-state index in [9.17, 15) is 0 Å². The Hall–Kier alpha value is -1.22. The lowest BCUT2D eigenvalue weighted by Gasteiger charge is -2.35. The van der Waals surface area contributed by atoms with Gasteiger partial charge in [0.2, 0.25) is 0 Å². The zero-order valence-corrected chi connectivity index (χ0v) is 10.2. The molecule has 92 valence electrons. The zero-order valence-electron chi connectivity index (χ0n) is 10.2. The molecule has 17 heavy (non-hydrogen) atoms. The van der Waals surface area contributed by atoms with Crippen LogP contribution < -0.4 is 11.1 Å². The van der Waals surface area contributed by atoms with Crippen molar-refractivity contribution < 1.29 is 0 Å². The number of anilines is 2. The van der Waals surface area contributed by atoms with Crippen LogP contribution >= 0.6 is 0 Å². The van der Waals surface area contributed by atoms with Crippen LogP contribution in [0.25, 0.3) is 0 Å². The number of nitrogens with one attached hydrogen (secondary N) is 1. The zero-order chi connectivity index (χ0) is 11.7. The molecule has 1 aromatic carbocycles. The number of nitrogens with two attached hydrogens (primary N) is 1. The number of nitrogens with zero attached hydrogens (tertiary/aromatic N) is 1. The highest BCUT2D eigenvalue weighted by Crippen LogP contribution is 2.28. The molecule has 2 atom stereocenters. The molecule has 2 heterocycles. The molecule has 3 N–H and O–H groups in total. The summed E-state index contributed by atoms with van der Waals surface area (Å²) in [5, 5.41) is 3.63. The van der Waals surface area contributed by atoms with Gasteiger partial charge in [-0.1, -0.05) is 6.07 Å². The van der Waals surface area contributed by atoms with E-state index in [0.29, 0.717) is 6.04 Å². The van der Waals surface area contributed by atoms with E-state index < -0.39 is 0 Å². The van der Waals surface area contributed by atoms with Crippen LogP contribution in [0.15, 0.2) is 24.3 Å². The second-order valence-electron chi connectivity index (χ2n) is 5.32. The average molecular weight is 231 g/mol. The standard InChI is InChI=1S/C14H21N3/c15-11-3-1-4-12(9-11)16-13-6-8-17-7-2-5-14(17)10-13/h1,3-4,9,13-14,16H,2,5-8,10,15H2. The van der Waals surface area contributed by atoms with Crippen molar-refractivity contribution in [2.75, 3.05) is 24.1 Å². The van der Waals surface area contributed by atoms with Crippen LogP contribution in [0.2, 0.25) is 0 Å². The second-order valence-corrected chi connectivity index (χ2v) is 5.32. The van der Waals surface area contributed by atoms with Crippen LogP contribution in [-0.2, 0) is 0 Å². The van der Waals surface area contributed by atoms with Crippen molar-refractivity contribution >= 4 is 11.4 Å². The molecule has 3 heteroatoms. The maximum absolute atomic E-state index is 5.80. The molecule has 0 aliphatic carbocycles. The van der Waals surface area contributed by atoms with Crippen LogP contribution in [0.3, 0.4) is 0 Å². The number of piperidine rings is 1. The van der Waals surface area contributed by atoms with Crippen molar-refractivity contribution in [1.29, 1.82) is 0 Å². The van der Waals surface area contributed by atoms with Crippen LogP contribution in [-0.4, -0.2) is 30.1 Å². The lowest BCUT2D eigenvalue weighted by Crippen LogP contribution is -2.42. The van der Waals surface area contributed by atoms with Crippen LogP contribution in [0.5, 0.6) is 0 Å². The van der Waals surface area contributed by atoms with Crippen molar-refractivity contribution in [3.8, 4) is 0 Å². The molecule has 2 unspecified atom stereocenters. The molecule has 2 aliphatic rings. The minimum Gasteiger partial charge on any atom is -0.399 e. The second kappa shape index (κ2) is 4.57. The number of hydrogen-bond acceptors (Lipinski definition) is 3. The van der Waals surface area contributed by atoms with Crippen LogP contribution in [0.1, 0.15) is 25.7 Å². The Bertz CT molecular complexity index is 391. The molecule has 0 radical (unpaired) electrons. The smallest absolute Gasteiger partial charge is 0.0362 e. The Balaban J connectivity index is 1.62. The fourth-order valence-corrected chi connectivity index (χ4v) is 3.22. The van der Waals surface area contributed by atoms with Gasteiger partial charge in [-0.05, 0) is 50.4 Å². The van der Waals surface area contributed by atoms with Gasteiger partial charge in [-0.3, -0.25) is 0 Å². The Kier molecular flexibility index (Phi) is 2.93. The van der Waals surface area contributed by atoms with Crippen molar-refractivity contribution in [1.82, 2.24) is 4.90 Å². The number of nitrogen functional groups attached to an aromatic ring is 1. The molecule has 0 aromatic heterocycles. The summed E-state index contributed by atoms with van der Waals surface area (Å²) in [4.78, 5) is 2.65. The van der Waals surface area contributed by atoms with E-state index in [0.717, 1.165) is 11.7 Å². The van der Waals surface area contributed by atoms with Gasteiger partial charge in [0.15, 0.2) is 0 Å². The maximum Gasteiger partial charge on any atom is 0.0362 e. The highest BCUT2D eigenvalue weighted by molar-refractivity contribution is 5.54. The first-order valence-corrected chi connectivity index (χ1v) is 6.67. The summed E-state index contributed by atoms with van der Waals surface area (Å²) in [5.41, 5.74) is 7.81. The molecule has 3 rings (SSSR count). The van der Waals surface area contributed by atoms with E-state index in [1.165, 1.54) is 44.5 Å². The van der Waals surface area contributed by atoms with E-state index in [1.807, 2.05) is 18.2 Å². The topological polar surface area (TPSA) is 41.3 Å². The SMILES string of the molecule is Nc1cccc(NC2CCN3CCCC3C2)c1. The lowest BCUT2D eigenvalue weighted by molar-refractivity contribution is 0.188. The monoisotopic (exact) mass is 231 g/mol. The van der Waals surface area contributed by atoms with Gasteiger partial charge in [0, 0.05) is 30.0 Å². The minimum atomic E-state index is 0.621. The third-order valence-corrected chi connectivity index (χ3v) is 4.08. The first kappa shape index (κ1) is 10.9. The predicted octanol–water partition coefficient (Wildman–Crippen LogP) is 2.31. The van der Waals surface area contributed by atoms with E-state index in [4.69, 9.17) is 5.73 Å². The van der Waals surface area contributed by atoms with Gasteiger partial charge in [-0.15, -0.1) is 0 Å². The van der Waals surface area contributed by atoms with Gasteiger partial charge in [0.1, 0.15) is 0 Å². The molecule has 0 saturated carbocycles. The van der Waals surface area contributed by atoms with E-state index >= 15 is 0 Å². The molecule has 0 amide bonds. The fraction of sp³-hybridized carbons (Fsp3) is 0.571. The summed E-state index contributed by atoms with van der Waals surface area (Å²) in [5.74, 6) is 0. The first-order chi connectivity index (χ1) is 8.31. The summed E-state index contributed by atoms with van der Waals surface area (Å²) in [6.07, 6.45) is 5.31. The van der Waals surface area contributed by atoms with Gasteiger partial charge < -0.3 is 16.0 Å². The predicted molar refractivity (Wildman–Crippen MR) is 72.1 cm³/mol. The van der Waals surface area contributed by atoms with Crippen molar-refractivity contribution in [2.24, 2.45) is 0 Å². The number of rotatable bonds is 2. The molecule has 0 bridgehead atoms. The van der Waals surface area contributed by atoms with Gasteiger partial charge in [-0.2, -0.15) is 0 Å². The van der Waals surface area contributed by atoms with E-state index in [2.05, 4.69) is 16.3 Å². The average Bonchev–Trinajstić information content (AvgIpc) is 2.76. The molecule has 2 fully saturated rings. The largest absolute Gasteiger partial charge is 0.399 e. The summed E-state index contributed by atoms with van der Waals surface area (Å²) in [6, 6.07) is 9.53. The molecular weight excluding hydrogens is 210 g/mol. The van der Waals surface area contributed by atoms with Crippen molar-refractivity contribution in [3.05, 3.63) is 24.3 Å². The number of benzene rings is 1. The van der Waals surface area contributed by atoms with Gasteiger partial charge in [0.05, 0.1) is 0 Å². The van der Waals surface area contributed by atoms with Crippen LogP contribution in [0.4, 0.5) is 11.4 Å². The molecule has 1 aromatic rings. The quantitative estimate of drug-likeness (QED) is 0.767. The number of fused-ring (bicyclic) bond motifs is 1. The molecular formula is C14H21N3. The van der Waals surface area contributed by atoms with Gasteiger partial charge in [-0.25, -0.2) is 0 Å². The van der Waals surface area contributed by atoms with Crippen molar-refractivity contribution in [2.45, 2.75) is 37.8 Å². The van der Waals surface area contributed by atoms with Gasteiger partial charge in [0.25, 0.3) is 0 Å². The molecule has 0 spiro atoms. The summed E-state index contributed by atoms with van der Waals surface area (Å²) in [6.45, 7) is 2.57. The Morgan fingerprint density at radius 2 is 2.18 bits per heavy atom. The fourth-order valence-electron chi connectivity index (χ4n) is 3.22. The first-order valence-electron chi connectivity index (χ1n) is 6.67. The van der Waals surface area contributed by atoms with Crippen molar-refractivity contribution in [3.63, 3.8) is 0 Å². The highest BCUT2D eigenvalue weighted by Gasteiger charge is 2.31. The molecule has 3 nitrogen and oxygen atoms in total. The maximum atomic E-state index is 5.80. The molecule has 2 saturated heterocycles. The van der Waals surface area contributed by atoms with Crippen LogP contribution in [0, 0.1) is 0 Å². The van der Waals surface area contributed by atoms with E-state index in [-0.39, 0.29) is 0 Å². The summed E-state index contributed by atoms with van der Waals surface area (Å²) in [7, 11) is 0. The highest BCUT2D eigenvalue weighted by atomic mass is 15.2. The minimum absolute atomic E-state index is 0.621. The Labute approximate surface area is 103 Å². The Morgan fingerprint density at radius 1 is 1.24 bits per heavy atom. The molecule has 2 aliphatic heterocycles.